The molecule has 1 unspecified atom stereocenters. The summed E-state index contributed by atoms with van der Waals surface area (Å²) in [4.78, 5) is 4.14. The van der Waals surface area contributed by atoms with Crippen molar-refractivity contribution in [2.75, 3.05) is 7.05 Å². The van der Waals surface area contributed by atoms with Gasteiger partial charge in [-0.05, 0) is 31.5 Å². The first kappa shape index (κ1) is 10.6. The Morgan fingerprint density at radius 3 is 3.00 bits per heavy atom. The van der Waals surface area contributed by atoms with E-state index in [9.17, 15) is 5.11 Å². The number of nitrogens with one attached hydrogen (secondary N) is 1. The van der Waals surface area contributed by atoms with Crippen molar-refractivity contribution >= 4 is 0 Å². The molecule has 1 fully saturated rings. The fraction of sp³-hybridized carbons (Fsp3) is 0.583. The molecule has 1 heterocycles. The molecule has 0 amide bonds. The minimum atomic E-state index is -0.305. The molecular formula is C12H18N2O. The standard InChI is InChI=1S/C12H18N2O/c1-13-12(7-3-2-6-11(12)15)10-5-4-8-14-9-10/h4-5,8-9,11,13,15H,2-3,6-7H2,1H3/t11?,12-/m0/s1. The minimum absolute atomic E-state index is 0.285. The van der Waals surface area contributed by atoms with Gasteiger partial charge in [0.2, 0.25) is 0 Å². The average molecular weight is 206 g/mol. The summed E-state index contributed by atoms with van der Waals surface area (Å²) in [6, 6.07) is 3.97. The zero-order valence-electron chi connectivity index (χ0n) is 9.11. The van der Waals surface area contributed by atoms with Crippen LogP contribution in [0.15, 0.2) is 24.5 Å². The molecule has 0 radical (unpaired) electrons. The van der Waals surface area contributed by atoms with Crippen LogP contribution < -0.4 is 5.32 Å². The molecule has 15 heavy (non-hydrogen) atoms. The number of aliphatic hydroxyl groups is 1. The van der Waals surface area contributed by atoms with Gasteiger partial charge in [-0.2, -0.15) is 0 Å². The van der Waals surface area contributed by atoms with Crippen molar-refractivity contribution in [3.05, 3.63) is 30.1 Å². The number of likely N-dealkylation sites (N-methyl/N-ethyl adjacent to an activating group) is 1. The van der Waals surface area contributed by atoms with E-state index >= 15 is 0 Å². The summed E-state index contributed by atoms with van der Waals surface area (Å²) in [6.45, 7) is 0. The van der Waals surface area contributed by atoms with Crippen molar-refractivity contribution < 1.29 is 5.11 Å². The largest absolute Gasteiger partial charge is 0.391 e. The predicted molar refractivity (Wildman–Crippen MR) is 59.4 cm³/mol. The summed E-state index contributed by atoms with van der Waals surface area (Å²) in [7, 11) is 1.92. The Morgan fingerprint density at radius 1 is 1.53 bits per heavy atom. The third-order valence-electron chi connectivity index (χ3n) is 3.49. The summed E-state index contributed by atoms with van der Waals surface area (Å²) >= 11 is 0. The van der Waals surface area contributed by atoms with Crippen LogP contribution in [-0.4, -0.2) is 23.2 Å². The van der Waals surface area contributed by atoms with Crippen LogP contribution in [0, 0.1) is 0 Å². The number of pyridine rings is 1. The number of nitrogens with zero attached hydrogens (tertiary/aromatic N) is 1. The Morgan fingerprint density at radius 2 is 2.40 bits per heavy atom. The van der Waals surface area contributed by atoms with Crippen molar-refractivity contribution in [1.29, 1.82) is 0 Å². The summed E-state index contributed by atoms with van der Waals surface area (Å²) in [5.41, 5.74) is 0.812. The lowest BCUT2D eigenvalue weighted by Crippen LogP contribution is -2.51. The zero-order chi connectivity index (χ0) is 10.7. The van der Waals surface area contributed by atoms with E-state index < -0.39 is 0 Å². The molecule has 0 bridgehead atoms. The van der Waals surface area contributed by atoms with Gasteiger partial charge in [0.1, 0.15) is 0 Å². The molecule has 1 aliphatic rings. The van der Waals surface area contributed by atoms with E-state index in [-0.39, 0.29) is 11.6 Å². The number of hydrogen-bond donors (Lipinski definition) is 2. The fourth-order valence-corrected chi connectivity index (χ4v) is 2.55. The lowest BCUT2D eigenvalue weighted by Gasteiger charge is -2.41. The number of hydrogen-bond acceptors (Lipinski definition) is 3. The maximum atomic E-state index is 10.2. The van der Waals surface area contributed by atoms with Crippen LogP contribution in [0.1, 0.15) is 31.2 Å². The highest BCUT2D eigenvalue weighted by atomic mass is 16.3. The first-order valence-electron chi connectivity index (χ1n) is 5.57. The molecule has 1 aromatic rings. The Labute approximate surface area is 90.5 Å². The normalized spacial score (nSPS) is 31.5. The first-order valence-corrected chi connectivity index (χ1v) is 5.57. The van der Waals surface area contributed by atoms with Crippen LogP contribution in [-0.2, 0) is 5.54 Å². The highest BCUT2D eigenvalue weighted by Gasteiger charge is 2.40. The molecule has 2 N–H and O–H groups in total. The summed E-state index contributed by atoms with van der Waals surface area (Å²) in [5, 5.41) is 13.5. The minimum Gasteiger partial charge on any atom is -0.391 e. The molecule has 1 aromatic heterocycles. The fourth-order valence-electron chi connectivity index (χ4n) is 2.55. The molecule has 1 saturated carbocycles. The van der Waals surface area contributed by atoms with Gasteiger partial charge in [0, 0.05) is 12.4 Å². The zero-order valence-corrected chi connectivity index (χ0v) is 9.11. The second kappa shape index (κ2) is 4.29. The summed E-state index contributed by atoms with van der Waals surface area (Å²) < 4.78 is 0. The molecule has 1 aliphatic carbocycles. The van der Waals surface area contributed by atoms with Crippen LogP contribution in [0.3, 0.4) is 0 Å². The van der Waals surface area contributed by atoms with Gasteiger partial charge in [-0.3, -0.25) is 4.98 Å². The maximum absolute atomic E-state index is 10.2. The van der Waals surface area contributed by atoms with E-state index in [1.807, 2.05) is 25.4 Å². The van der Waals surface area contributed by atoms with Gasteiger partial charge >= 0.3 is 0 Å². The molecule has 0 aromatic carbocycles. The lowest BCUT2D eigenvalue weighted by molar-refractivity contribution is 0.0250. The van der Waals surface area contributed by atoms with E-state index in [2.05, 4.69) is 10.3 Å². The number of aromatic nitrogens is 1. The smallest absolute Gasteiger partial charge is 0.0764 e. The van der Waals surface area contributed by atoms with Crippen LogP contribution in [0.5, 0.6) is 0 Å². The Kier molecular flexibility index (Phi) is 3.03. The molecule has 2 atom stereocenters. The first-order chi connectivity index (χ1) is 7.29. The predicted octanol–water partition coefficient (Wildman–Crippen LogP) is 1.43. The number of aliphatic hydroxyl groups excluding tert-OH is 1. The van der Waals surface area contributed by atoms with Crippen LogP contribution in [0.2, 0.25) is 0 Å². The van der Waals surface area contributed by atoms with Gasteiger partial charge in [0.15, 0.2) is 0 Å². The van der Waals surface area contributed by atoms with Crippen molar-refractivity contribution in [1.82, 2.24) is 10.3 Å². The van der Waals surface area contributed by atoms with Gasteiger partial charge in [-0.25, -0.2) is 0 Å². The Bertz CT molecular complexity index is 315. The topological polar surface area (TPSA) is 45.2 Å². The molecule has 0 spiro atoms. The second-order valence-corrected chi connectivity index (χ2v) is 4.22. The molecule has 3 heteroatoms. The SMILES string of the molecule is CN[C@]1(c2cccnc2)CCCCC1O. The third kappa shape index (κ3) is 1.77. The Balaban J connectivity index is 2.35. The highest BCUT2D eigenvalue weighted by molar-refractivity contribution is 5.23. The molecule has 82 valence electrons. The van der Waals surface area contributed by atoms with Gasteiger partial charge in [-0.15, -0.1) is 0 Å². The Hall–Kier alpha value is -0.930. The molecule has 0 aliphatic heterocycles. The average Bonchev–Trinajstić information content (AvgIpc) is 2.31. The number of rotatable bonds is 2. The molecular weight excluding hydrogens is 188 g/mol. The molecule has 0 saturated heterocycles. The van der Waals surface area contributed by atoms with E-state index in [4.69, 9.17) is 0 Å². The van der Waals surface area contributed by atoms with Crippen molar-refractivity contribution in [3.8, 4) is 0 Å². The highest BCUT2D eigenvalue weighted by Crippen LogP contribution is 2.36. The van der Waals surface area contributed by atoms with Gasteiger partial charge in [0.25, 0.3) is 0 Å². The van der Waals surface area contributed by atoms with Crippen molar-refractivity contribution in [3.63, 3.8) is 0 Å². The quantitative estimate of drug-likeness (QED) is 0.769. The van der Waals surface area contributed by atoms with Crippen LogP contribution in [0.4, 0.5) is 0 Å². The van der Waals surface area contributed by atoms with Gasteiger partial charge in [-0.1, -0.05) is 18.9 Å². The van der Waals surface area contributed by atoms with Crippen molar-refractivity contribution in [2.24, 2.45) is 0 Å². The van der Waals surface area contributed by atoms with Crippen molar-refractivity contribution in [2.45, 2.75) is 37.3 Å². The monoisotopic (exact) mass is 206 g/mol. The van der Waals surface area contributed by atoms with E-state index in [0.717, 1.165) is 31.2 Å². The summed E-state index contributed by atoms with van der Waals surface area (Å²) in [6.07, 6.45) is 7.44. The van der Waals surface area contributed by atoms with Gasteiger partial charge in [0.05, 0.1) is 11.6 Å². The third-order valence-corrected chi connectivity index (χ3v) is 3.49. The molecule has 3 nitrogen and oxygen atoms in total. The maximum Gasteiger partial charge on any atom is 0.0764 e. The second-order valence-electron chi connectivity index (χ2n) is 4.22. The van der Waals surface area contributed by atoms with Crippen LogP contribution in [0.25, 0.3) is 0 Å². The van der Waals surface area contributed by atoms with Gasteiger partial charge < -0.3 is 10.4 Å². The lowest BCUT2D eigenvalue weighted by atomic mass is 9.75. The summed E-state index contributed by atoms with van der Waals surface area (Å²) in [5.74, 6) is 0. The molecule has 2 rings (SSSR count). The van der Waals surface area contributed by atoms with Crippen LogP contribution >= 0.6 is 0 Å². The van der Waals surface area contributed by atoms with E-state index in [0.29, 0.717) is 0 Å². The van der Waals surface area contributed by atoms with E-state index in [1.165, 1.54) is 0 Å². The van der Waals surface area contributed by atoms with E-state index in [1.54, 1.807) is 6.20 Å².